The minimum atomic E-state index is 0.411. The summed E-state index contributed by atoms with van der Waals surface area (Å²) < 4.78 is 3.06. The zero-order valence-corrected chi connectivity index (χ0v) is 14.1. The number of hydrogen-bond acceptors (Lipinski definition) is 5. The lowest BCUT2D eigenvalue weighted by Gasteiger charge is -2.31. The topological polar surface area (TPSA) is 75.5 Å². The largest absolute Gasteiger partial charge is 0.348 e. The third-order valence-electron chi connectivity index (χ3n) is 4.16. The number of piperidine rings is 1. The van der Waals surface area contributed by atoms with Gasteiger partial charge >= 0.3 is 0 Å². The van der Waals surface area contributed by atoms with Crippen LogP contribution in [0.1, 0.15) is 24.7 Å². The van der Waals surface area contributed by atoms with Crippen LogP contribution in [0.15, 0.2) is 24.9 Å². The molecule has 1 fully saturated rings. The Labute approximate surface area is 141 Å². The van der Waals surface area contributed by atoms with E-state index in [1.807, 2.05) is 12.4 Å². The van der Waals surface area contributed by atoms with Crippen molar-refractivity contribution in [2.75, 3.05) is 13.1 Å². The van der Waals surface area contributed by atoms with Crippen molar-refractivity contribution in [1.29, 1.82) is 0 Å². The summed E-state index contributed by atoms with van der Waals surface area (Å²) in [4.78, 5) is 18.4. The lowest BCUT2D eigenvalue weighted by atomic mass is 10.1. The average molecular weight is 409 g/mol. The molecule has 4 heterocycles. The molecule has 114 valence electrons. The molecule has 1 aliphatic rings. The van der Waals surface area contributed by atoms with Crippen LogP contribution in [0, 0.1) is 3.70 Å². The molecule has 1 N–H and O–H groups in total. The molecule has 1 aliphatic heterocycles. The number of rotatable bonds is 3. The highest BCUT2D eigenvalue weighted by atomic mass is 127. The first-order chi connectivity index (χ1) is 10.8. The molecule has 0 amide bonds. The molecule has 3 aromatic heterocycles. The Hall–Kier alpha value is -1.55. The summed E-state index contributed by atoms with van der Waals surface area (Å²) >= 11 is 2.26. The van der Waals surface area contributed by atoms with Gasteiger partial charge in [-0.05, 0) is 35.4 Å². The third kappa shape index (κ3) is 2.60. The van der Waals surface area contributed by atoms with Crippen molar-refractivity contribution in [2.24, 2.45) is 0 Å². The van der Waals surface area contributed by atoms with E-state index in [0.717, 1.165) is 53.0 Å². The highest BCUT2D eigenvalue weighted by Crippen LogP contribution is 2.27. The molecule has 0 spiro atoms. The molecule has 3 aromatic rings. The van der Waals surface area contributed by atoms with Crippen LogP contribution >= 0.6 is 22.6 Å². The molecule has 0 aromatic carbocycles. The zero-order valence-electron chi connectivity index (χ0n) is 12.0. The fourth-order valence-electron chi connectivity index (χ4n) is 3.02. The van der Waals surface area contributed by atoms with Crippen LogP contribution < -0.4 is 0 Å². The Morgan fingerprint density at radius 2 is 2.14 bits per heavy atom. The molecule has 4 rings (SSSR count). The predicted octanol–water partition coefficient (Wildman–Crippen LogP) is 1.99. The minimum Gasteiger partial charge on any atom is -0.348 e. The molecule has 0 radical (unpaired) electrons. The molecule has 0 bridgehead atoms. The van der Waals surface area contributed by atoms with Gasteiger partial charge in [0.1, 0.15) is 15.9 Å². The van der Waals surface area contributed by atoms with Crippen molar-refractivity contribution in [3.05, 3.63) is 34.4 Å². The highest BCUT2D eigenvalue weighted by Gasteiger charge is 2.24. The van der Waals surface area contributed by atoms with Gasteiger partial charge in [-0.3, -0.25) is 4.90 Å². The smallest absolute Gasteiger partial charge is 0.162 e. The van der Waals surface area contributed by atoms with E-state index in [1.54, 1.807) is 12.5 Å². The second kappa shape index (κ2) is 5.92. The minimum absolute atomic E-state index is 0.411. The first-order valence-electron chi connectivity index (χ1n) is 7.35. The normalized spacial score (nSPS) is 17.3. The number of fused-ring (bicyclic) bond motifs is 1. The van der Waals surface area contributed by atoms with Gasteiger partial charge in [-0.25, -0.2) is 19.6 Å². The maximum atomic E-state index is 4.68. The summed E-state index contributed by atoms with van der Waals surface area (Å²) in [5, 5.41) is 5.72. The third-order valence-corrected chi connectivity index (χ3v) is 4.95. The maximum Gasteiger partial charge on any atom is 0.162 e. The quantitative estimate of drug-likeness (QED) is 0.670. The van der Waals surface area contributed by atoms with Gasteiger partial charge in [0.05, 0.1) is 18.0 Å². The van der Waals surface area contributed by atoms with E-state index >= 15 is 0 Å². The van der Waals surface area contributed by atoms with E-state index in [-0.39, 0.29) is 0 Å². The molecular weight excluding hydrogens is 393 g/mol. The molecule has 22 heavy (non-hydrogen) atoms. The number of likely N-dealkylation sites (tertiary alicyclic amines) is 1. The summed E-state index contributed by atoms with van der Waals surface area (Å²) in [6.07, 6.45) is 9.29. The highest BCUT2D eigenvalue weighted by molar-refractivity contribution is 14.1. The van der Waals surface area contributed by atoms with Crippen LogP contribution in [-0.2, 0) is 6.54 Å². The zero-order chi connectivity index (χ0) is 14.9. The summed E-state index contributed by atoms with van der Waals surface area (Å²) in [5.41, 5.74) is 0.948. The van der Waals surface area contributed by atoms with Gasteiger partial charge in [0.15, 0.2) is 5.65 Å². The number of nitrogens with zero attached hydrogens (tertiary/aromatic N) is 6. The van der Waals surface area contributed by atoms with Crippen molar-refractivity contribution in [1.82, 2.24) is 34.6 Å². The number of imidazole rings is 1. The Morgan fingerprint density at radius 3 is 2.91 bits per heavy atom. The van der Waals surface area contributed by atoms with Gasteiger partial charge in [-0.1, -0.05) is 0 Å². The van der Waals surface area contributed by atoms with E-state index in [0.29, 0.717) is 6.04 Å². The van der Waals surface area contributed by atoms with Gasteiger partial charge in [0.25, 0.3) is 0 Å². The molecule has 0 unspecified atom stereocenters. The standard InChI is InChI=1S/C14H16IN7/c15-13-11-7-16-9-19-14(11)22(20-13)10-1-5-21(6-2-10)8-12-17-3-4-18-12/h3-4,7,9-10H,1-2,5-6,8H2,(H,17,18). The fourth-order valence-corrected chi connectivity index (χ4v) is 3.63. The van der Waals surface area contributed by atoms with Crippen LogP contribution in [0.3, 0.4) is 0 Å². The van der Waals surface area contributed by atoms with E-state index < -0.39 is 0 Å². The molecule has 0 aliphatic carbocycles. The number of H-pyrrole nitrogens is 1. The van der Waals surface area contributed by atoms with Crippen LogP contribution in [0.5, 0.6) is 0 Å². The predicted molar refractivity (Wildman–Crippen MR) is 90.2 cm³/mol. The van der Waals surface area contributed by atoms with Gasteiger partial charge in [-0.2, -0.15) is 5.10 Å². The lowest BCUT2D eigenvalue weighted by molar-refractivity contribution is 0.172. The van der Waals surface area contributed by atoms with Crippen molar-refractivity contribution in [2.45, 2.75) is 25.4 Å². The van der Waals surface area contributed by atoms with Crippen molar-refractivity contribution in [3.8, 4) is 0 Å². The first kappa shape index (κ1) is 14.1. The molecule has 1 saturated heterocycles. The van der Waals surface area contributed by atoms with Crippen LogP contribution in [0.2, 0.25) is 0 Å². The molecule has 7 nitrogen and oxygen atoms in total. The number of aromatic amines is 1. The SMILES string of the molecule is Ic1nn(C2CCN(Cc3ncc[nH]3)CC2)c2ncncc12. The average Bonchev–Trinajstić information content (AvgIpc) is 3.17. The van der Waals surface area contributed by atoms with E-state index in [1.165, 1.54) is 0 Å². The summed E-state index contributed by atoms with van der Waals surface area (Å²) in [6, 6.07) is 0.411. The van der Waals surface area contributed by atoms with E-state index in [2.05, 4.69) is 57.2 Å². The van der Waals surface area contributed by atoms with Gasteiger partial charge in [-0.15, -0.1) is 0 Å². The molecule has 8 heteroatoms. The van der Waals surface area contributed by atoms with E-state index in [4.69, 9.17) is 0 Å². The lowest BCUT2D eigenvalue weighted by Crippen LogP contribution is -2.34. The summed E-state index contributed by atoms with van der Waals surface area (Å²) in [6.45, 7) is 2.99. The summed E-state index contributed by atoms with van der Waals surface area (Å²) in [5.74, 6) is 1.03. The van der Waals surface area contributed by atoms with Crippen LogP contribution in [0.4, 0.5) is 0 Å². The van der Waals surface area contributed by atoms with Crippen molar-refractivity contribution >= 4 is 33.6 Å². The second-order valence-electron chi connectivity index (χ2n) is 5.54. The van der Waals surface area contributed by atoms with Crippen LogP contribution in [-0.4, -0.2) is 47.7 Å². The number of hydrogen-bond donors (Lipinski definition) is 1. The molecule has 0 atom stereocenters. The fraction of sp³-hybridized carbons (Fsp3) is 0.429. The second-order valence-corrected chi connectivity index (χ2v) is 6.56. The maximum absolute atomic E-state index is 4.68. The number of aromatic nitrogens is 6. The van der Waals surface area contributed by atoms with Gasteiger partial charge in [0, 0.05) is 31.7 Å². The van der Waals surface area contributed by atoms with E-state index in [9.17, 15) is 0 Å². The summed E-state index contributed by atoms with van der Waals surface area (Å²) in [7, 11) is 0. The molecular formula is C14H16IN7. The van der Waals surface area contributed by atoms with Crippen molar-refractivity contribution in [3.63, 3.8) is 0 Å². The number of halogens is 1. The Balaban J connectivity index is 1.49. The van der Waals surface area contributed by atoms with Gasteiger partial charge in [0.2, 0.25) is 0 Å². The molecule has 0 saturated carbocycles. The monoisotopic (exact) mass is 409 g/mol. The Kier molecular flexibility index (Phi) is 3.78. The van der Waals surface area contributed by atoms with Crippen LogP contribution in [0.25, 0.3) is 11.0 Å². The van der Waals surface area contributed by atoms with Gasteiger partial charge < -0.3 is 4.98 Å². The van der Waals surface area contributed by atoms with Crippen molar-refractivity contribution < 1.29 is 0 Å². The first-order valence-corrected chi connectivity index (χ1v) is 8.43. The number of nitrogens with one attached hydrogen (secondary N) is 1. The Morgan fingerprint density at radius 1 is 1.27 bits per heavy atom. The Bertz CT molecular complexity index is 759.